The smallest absolute Gasteiger partial charge is 0.241 e. The summed E-state index contributed by atoms with van der Waals surface area (Å²) in [6, 6.07) is 13.2. The molecule has 7 heteroatoms. The van der Waals surface area contributed by atoms with Crippen LogP contribution in [-0.2, 0) is 16.6 Å². The maximum Gasteiger partial charge on any atom is 0.241 e. The van der Waals surface area contributed by atoms with Gasteiger partial charge in [-0.1, -0.05) is 38.1 Å². The lowest BCUT2D eigenvalue weighted by Crippen LogP contribution is -2.47. The second-order valence-corrected chi connectivity index (χ2v) is 7.43. The Bertz CT molecular complexity index is 775. The first-order valence-corrected chi connectivity index (χ1v) is 9.15. The average Bonchev–Trinajstić information content (AvgIpc) is 2.59. The summed E-state index contributed by atoms with van der Waals surface area (Å²) >= 11 is 0. The fraction of sp³-hybridized carbons (Fsp3) is 0.294. The van der Waals surface area contributed by atoms with Crippen LogP contribution in [-0.4, -0.2) is 25.3 Å². The minimum atomic E-state index is -3.66. The average molecular weight is 346 g/mol. The Kier molecular flexibility index (Phi) is 6.05. The second-order valence-electron chi connectivity index (χ2n) is 5.72. The highest BCUT2D eigenvalue weighted by Gasteiger charge is 2.25. The van der Waals surface area contributed by atoms with Crippen LogP contribution in [0.4, 0.5) is 0 Å². The van der Waals surface area contributed by atoms with Gasteiger partial charge in [0.1, 0.15) is 5.84 Å². The molecule has 0 aliphatic heterocycles. The van der Waals surface area contributed by atoms with E-state index in [0.29, 0.717) is 6.54 Å². The van der Waals surface area contributed by atoms with Gasteiger partial charge in [-0.3, -0.25) is 9.98 Å². The number of nitrogens with two attached hydrogens (primary N) is 1. The molecule has 1 aromatic carbocycles. The molecule has 0 fully saturated rings. The van der Waals surface area contributed by atoms with Crippen LogP contribution in [0.25, 0.3) is 0 Å². The van der Waals surface area contributed by atoms with E-state index < -0.39 is 16.1 Å². The number of hydrogen-bond donors (Lipinski definition) is 2. The molecule has 0 aliphatic carbocycles. The van der Waals surface area contributed by atoms with Gasteiger partial charge in [-0.2, -0.15) is 0 Å². The van der Waals surface area contributed by atoms with Crippen LogP contribution < -0.4 is 10.5 Å². The summed E-state index contributed by atoms with van der Waals surface area (Å²) in [6.07, 6.45) is 1.68. The molecule has 2 rings (SSSR count). The number of pyridine rings is 1. The van der Waals surface area contributed by atoms with Gasteiger partial charge in [0, 0.05) is 6.20 Å². The first-order valence-electron chi connectivity index (χ1n) is 7.67. The van der Waals surface area contributed by atoms with Gasteiger partial charge in [0.05, 0.1) is 23.2 Å². The van der Waals surface area contributed by atoms with E-state index in [0.717, 1.165) is 5.69 Å². The van der Waals surface area contributed by atoms with E-state index in [-0.39, 0.29) is 16.6 Å². The first-order chi connectivity index (χ1) is 11.4. The van der Waals surface area contributed by atoms with Gasteiger partial charge < -0.3 is 5.73 Å². The molecule has 3 N–H and O–H groups in total. The Balaban J connectivity index is 2.17. The van der Waals surface area contributed by atoms with Gasteiger partial charge in [-0.15, -0.1) is 0 Å². The van der Waals surface area contributed by atoms with Crippen molar-refractivity contribution in [2.75, 3.05) is 0 Å². The predicted molar refractivity (Wildman–Crippen MR) is 95.0 cm³/mol. The first kappa shape index (κ1) is 18.1. The zero-order valence-electron chi connectivity index (χ0n) is 13.8. The maximum atomic E-state index is 12.5. The summed E-state index contributed by atoms with van der Waals surface area (Å²) in [6.45, 7) is 4.09. The van der Waals surface area contributed by atoms with Crippen molar-refractivity contribution < 1.29 is 8.42 Å². The maximum absolute atomic E-state index is 12.5. The zero-order chi connectivity index (χ0) is 17.6. The van der Waals surface area contributed by atoms with Crippen LogP contribution in [0.2, 0.25) is 0 Å². The molecule has 0 saturated heterocycles. The number of amidine groups is 1. The van der Waals surface area contributed by atoms with E-state index >= 15 is 0 Å². The van der Waals surface area contributed by atoms with Crippen LogP contribution in [0.1, 0.15) is 19.5 Å². The van der Waals surface area contributed by atoms with Gasteiger partial charge in [0.25, 0.3) is 0 Å². The van der Waals surface area contributed by atoms with Gasteiger partial charge >= 0.3 is 0 Å². The molecule has 0 saturated carbocycles. The number of aromatic nitrogens is 1. The molecule has 1 aromatic heterocycles. The molecule has 0 amide bonds. The molecular formula is C17H22N4O2S. The molecule has 24 heavy (non-hydrogen) atoms. The Morgan fingerprint density at radius 1 is 1.17 bits per heavy atom. The summed E-state index contributed by atoms with van der Waals surface area (Å²) in [7, 11) is -3.66. The lowest BCUT2D eigenvalue weighted by molar-refractivity contribution is 0.522. The molecule has 2 aromatic rings. The van der Waals surface area contributed by atoms with Crippen molar-refractivity contribution >= 4 is 15.9 Å². The van der Waals surface area contributed by atoms with Gasteiger partial charge in [-0.25, -0.2) is 13.1 Å². The van der Waals surface area contributed by atoms with Crippen molar-refractivity contribution in [2.45, 2.75) is 31.3 Å². The van der Waals surface area contributed by atoms with Crippen LogP contribution >= 0.6 is 0 Å². The van der Waals surface area contributed by atoms with E-state index in [9.17, 15) is 8.42 Å². The van der Waals surface area contributed by atoms with E-state index in [2.05, 4.69) is 14.7 Å². The molecule has 1 atom stereocenters. The highest BCUT2D eigenvalue weighted by molar-refractivity contribution is 7.89. The van der Waals surface area contributed by atoms with Crippen molar-refractivity contribution in [1.82, 2.24) is 9.71 Å². The number of aliphatic imine (C=N–C) groups is 1. The number of sulfonamides is 1. The molecule has 1 heterocycles. The number of benzene rings is 1. The van der Waals surface area contributed by atoms with Gasteiger partial charge in [-0.05, 0) is 30.2 Å². The zero-order valence-corrected chi connectivity index (χ0v) is 14.6. The van der Waals surface area contributed by atoms with E-state index in [1.54, 1.807) is 36.5 Å². The summed E-state index contributed by atoms with van der Waals surface area (Å²) in [5.74, 6) is 0.200. The Morgan fingerprint density at radius 2 is 1.83 bits per heavy atom. The summed E-state index contributed by atoms with van der Waals surface area (Å²) in [5.41, 5.74) is 6.82. The second kappa shape index (κ2) is 8.03. The SMILES string of the molecule is CC(C)C(NS(=O)(=O)c1ccccc1)C(N)=NCc1ccccn1. The third-order valence-electron chi connectivity index (χ3n) is 3.47. The highest BCUT2D eigenvalue weighted by atomic mass is 32.2. The number of hydrogen-bond acceptors (Lipinski definition) is 4. The van der Waals surface area contributed by atoms with Gasteiger partial charge in [0.2, 0.25) is 10.0 Å². The number of rotatable bonds is 7. The molecule has 0 radical (unpaired) electrons. The van der Waals surface area contributed by atoms with Crippen LogP contribution in [0.15, 0.2) is 64.6 Å². The molecule has 0 spiro atoms. The standard InChI is InChI=1S/C17H22N4O2S/c1-13(2)16(17(18)20-12-14-8-6-7-11-19-14)21-24(22,23)15-9-4-3-5-10-15/h3-11,13,16,21H,12H2,1-2H3,(H2,18,20). The summed E-state index contributed by atoms with van der Waals surface area (Å²) < 4.78 is 27.6. The molecule has 0 aliphatic rings. The third-order valence-corrected chi connectivity index (χ3v) is 4.93. The monoisotopic (exact) mass is 346 g/mol. The fourth-order valence-electron chi connectivity index (χ4n) is 2.14. The van der Waals surface area contributed by atoms with E-state index in [4.69, 9.17) is 5.73 Å². The summed E-state index contributed by atoms with van der Waals surface area (Å²) in [5, 5.41) is 0. The number of nitrogens with zero attached hydrogens (tertiary/aromatic N) is 2. The topological polar surface area (TPSA) is 97.4 Å². The van der Waals surface area contributed by atoms with Crippen molar-refractivity contribution in [2.24, 2.45) is 16.6 Å². The molecule has 6 nitrogen and oxygen atoms in total. The Labute approximate surface area is 142 Å². The van der Waals surface area contributed by atoms with Crippen molar-refractivity contribution in [3.05, 3.63) is 60.4 Å². The molecule has 128 valence electrons. The minimum Gasteiger partial charge on any atom is -0.386 e. The number of nitrogens with one attached hydrogen (secondary N) is 1. The predicted octanol–water partition coefficient (Wildman–Crippen LogP) is 1.94. The van der Waals surface area contributed by atoms with Crippen LogP contribution in [0.5, 0.6) is 0 Å². The molecule has 1 unspecified atom stereocenters. The Hall–Kier alpha value is -2.25. The van der Waals surface area contributed by atoms with Gasteiger partial charge in [0.15, 0.2) is 0 Å². The fourth-order valence-corrected chi connectivity index (χ4v) is 3.51. The van der Waals surface area contributed by atoms with Crippen molar-refractivity contribution in [3.8, 4) is 0 Å². The van der Waals surface area contributed by atoms with Crippen molar-refractivity contribution in [3.63, 3.8) is 0 Å². The largest absolute Gasteiger partial charge is 0.386 e. The minimum absolute atomic E-state index is 0.0454. The quantitative estimate of drug-likeness (QED) is 0.591. The van der Waals surface area contributed by atoms with Crippen molar-refractivity contribution in [1.29, 1.82) is 0 Å². The molecule has 0 bridgehead atoms. The molecular weight excluding hydrogens is 324 g/mol. The lowest BCUT2D eigenvalue weighted by Gasteiger charge is -2.22. The lowest BCUT2D eigenvalue weighted by atomic mass is 10.1. The third kappa shape index (κ3) is 4.87. The van der Waals surface area contributed by atoms with E-state index in [1.165, 1.54) is 0 Å². The Morgan fingerprint density at radius 3 is 2.42 bits per heavy atom. The summed E-state index contributed by atoms with van der Waals surface area (Å²) in [4.78, 5) is 8.68. The highest BCUT2D eigenvalue weighted by Crippen LogP contribution is 2.12. The normalized spacial score (nSPS) is 13.9. The van der Waals surface area contributed by atoms with Crippen LogP contribution in [0, 0.1) is 5.92 Å². The van der Waals surface area contributed by atoms with Crippen LogP contribution in [0.3, 0.4) is 0 Å². The van der Waals surface area contributed by atoms with E-state index in [1.807, 2.05) is 32.0 Å².